The lowest BCUT2D eigenvalue weighted by Gasteiger charge is -2.08. The number of aliphatic imine (C=N–C) groups is 1. The standard InChI is InChI=1S/C9H12N4O2/c10-9-8-7(12-5-13-9)6(3-11-8)4-15-2-1-14/h3,5-6,14H,1-2,4H2,(H2,10,12,13). The van der Waals surface area contributed by atoms with Crippen LogP contribution in [-0.2, 0) is 4.74 Å². The van der Waals surface area contributed by atoms with Gasteiger partial charge in [-0.25, -0.2) is 9.97 Å². The average Bonchev–Trinajstić information content (AvgIpc) is 2.64. The number of nitrogens with two attached hydrogens (primary N) is 1. The summed E-state index contributed by atoms with van der Waals surface area (Å²) in [4.78, 5) is 12.1. The Morgan fingerprint density at radius 1 is 1.47 bits per heavy atom. The zero-order chi connectivity index (χ0) is 10.7. The zero-order valence-corrected chi connectivity index (χ0v) is 8.13. The molecule has 0 aliphatic carbocycles. The summed E-state index contributed by atoms with van der Waals surface area (Å²) in [6.45, 7) is 0.788. The van der Waals surface area contributed by atoms with Gasteiger partial charge >= 0.3 is 0 Å². The van der Waals surface area contributed by atoms with Crippen LogP contribution in [0, 0.1) is 0 Å². The second-order valence-corrected chi connectivity index (χ2v) is 3.18. The fourth-order valence-electron chi connectivity index (χ4n) is 1.44. The number of aliphatic hydroxyl groups is 1. The van der Waals surface area contributed by atoms with E-state index in [2.05, 4.69) is 15.0 Å². The number of hydrogen-bond donors (Lipinski definition) is 2. The number of ether oxygens (including phenoxy) is 1. The first kappa shape index (κ1) is 10.0. The molecule has 1 aromatic rings. The topological polar surface area (TPSA) is 93.6 Å². The number of anilines is 1. The van der Waals surface area contributed by atoms with Gasteiger partial charge in [-0.2, -0.15) is 0 Å². The lowest BCUT2D eigenvalue weighted by molar-refractivity contribution is 0.0912. The Morgan fingerprint density at radius 2 is 2.33 bits per heavy atom. The minimum absolute atomic E-state index is 0.0110. The maximum Gasteiger partial charge on any atom is 0.153 e. The fraction of sp³-hybridized carbons (Fsp3) is 0.444. The fourth-order valence-corrected chi connectivity index (χ4v) is 1.44. The summed E-state index contributed by atoms with van der Waals surface area (Å²) in [5.41, 5.74) is 7.07. The Hall–Kier alpha value is -1.53. The van der Waals surface area contributed by atoms with Crippen molar-refractivity contribution in [1.29, 1.82) is 0 Å². The van der Waals surface area contributed by atoms with E-state index >= 15 is 0 Å². The maximum absolute atomic E-state index is 8.58. The molecule has 3 N–H and O–H groups in total. The molecule has 1 unspecified atom stereocenters. The van der Waals surface area contributed by atoms with E-state index in [1.54, 1.807) is 6.21 Å². The molecule has 2 rings (SSSR count). The van der Waals surface area contributed by atoms with Crippen molar-refractivity contribution in [2.45, 2.75) is 5.92 Å². The molecule has 1 aliphatic heterocycles. The summed E-state index contributed by atoms with van der Waals surface area (Å²) >= 11 is 0. The molecule has 0 bridgehead atoms. The van der Waals surface area contributed by atoms with Crippen LogP contribution >= 0.6 is 0 Å². The predicted octanol–water partition coefficient (Wildman–Crippen LogP) is -0.133. The molecule has 1 atom stereocenters. The SMILES string of the molecule is Nc1ncnc2c1N=CC2COCCO. The van der Waals surface area contributed by atoms with Crippen molar-refractivity contribution in [3.05, 3.63) is 12.0 Å². The van der Waals surface area contributed by atoms with Crippen molar-refractivity contribution < 1.29 is 9.84 Å². The molecule has 0 spiro atoms. The normalized spacial score (nSPS) is 18.1. The van der Waals surface area contributed by atoms with Gasteiger partial charge in [-0.15, -0.1) is 0 Å². The van der Waals surface area contributed by atoms with E-state index in [9.17, 15) is 0 Å². The average molecular weight is 208 g/mol. The highest BCUT2D eigenvalue weighted by molar-refractivity contribution is 5.83. The molecular weight excluding hydrogens is 196 g/mol. The minimum atomic E-state index is 0.0110. The molecule has 0 saturated carbocycles. The first-order chi connectivity index (χ1) is 7.33. The summed E-state index contributed by atoms with van der Waals surface area (Å²) in [5, 5.41) is 8.58. The van der Waals surface area contributed by atoms with Gasteiger partial charge in [0.1, 0.15) is 12.0 Å². The first-order valence-corrected chi connectivity index (χ1v) is 4.66. The van der Waals surface area contributed by atoms with Crippen LogP contribution in [0.5, 0.6) is 0 Å². The summed E-state index contributed by atoms with van der Waals surface area (Å²) < 4.78 is 5.22. The molecule has 15 heavy (non-hydrogen) atoms. The molecule has 1 aromatic heterocycles. The van der Waals surface area contributed by atoms with Crippen molar-refractivity contribution in [3.8, 4) is 0 Å². The Kier molecular flexibility index (Phi) is 2.89. The zero-order valence-electron chi connectivity index (χ0n) is 8.13. The number of fused-ring (bicyclic) bond motifs is 1. The van der Waals surface area contributed by atoms with Crippen molar-refractivity contribution >= 4 is 17.7 Å². The van der Waals surface area contributed by atoms with Gasteiger partial charge in [0.2, 0.25) is 0 Å². The van der Waals surface area contributed by atoms with Gasteiger partial charge in [0, 0.05) is 6.21 Å². The van der Waals surface area contributed by atoms with Gasteiger partial charge in [0.05, 0.1) is 31.4 Å². The van der Waals surface area contributed by atoms with Crippen LogP contribution in [-0.4, -0.2) is 41.1 Å². The van der Waals surface area contributed by atoms with Crippen molar-refractivity contribution in [1.82, 2.24) is 9.97 Å². The van der Waals surface area contributed by atoms with E-state index in [1.165, 1.54) is 6.33 Å². The largest absolute Gasteiger partial charge is 0.394 e. The number of aromatic nitrogens is 2. The smallest absolute Gasteiger partial charge is 0.153 e. The number of nitrogen functional groups attached to an aromatic ring is 1. The van der Waals surface area contributed by atoms with Gasteiger partial charge in [-0.3, -0.25) is 4.99 Å². The first-order valence-electron chi connectivity index (χ1n) is 4.66. The van der Waals surface area contributed by atoms with Crippen LogP contribution in [0.1, 0.15) is 11.6 Å². The number of hydrogen-bond acceptors (Lipinski definition) is 6. The second-order valence-electron chi connectivity index (χ2n) is 3.18. The number of nitrogens with zero attached hydrogens (tertiary/aromatic N) is 3. The van der Waals surface area contributed by atoms with Crippen molar-refractivity contribution in [3.63, 3.8) is 0 Å². The van der Waals surface area contributed by atoms with E-state index in [-0.39, 0.29) is 12.5 Å². The molecule has 6 heteroatoms. The predicted molar refractivity (Wildman–Crippen MR) is 55.2 cm³/mol. The molecule has 6 nitrogen and oxygen atoms in total. The van der Waals surface area contributed by atoms with E-state index in [0.29, 0.717) is 24.7 Å². The quantitative estimate of drug-likeness (QED) is 0.672. The third-order valence-corrected chi connectivity index (χ3v) is 2.15. The minimum Gasteiger partial charge on any atom is -0.394 e. The van der Waals surface area contributed by atoms with Gasteiger partial charge in [-0.1, -0.05) is 0 Å². The molecule has 1 aliphatic rings. The highest BCUT2D eigenvalue weighted by Crippen LogP contribution is 2.33. The molecule has 0 amide bonds. The van der Waals surface area contributed by atoms with E-state index in [1.807, 2.05) is 0 Å². The number of aliphatic hydroxyl groups excluding tert-OH is 1. The van der Waals surface area contributed by atoms with Crippen molar-refractivity contribution in [2.24, 2.45) is 4.99 Å². The van der Waals surface area contributed by atoms with Crippen LogP contribution in [0.4, 0.5) is 11.5 Å². The van der Waals surface area contributed by atoms with Crippen LogP contribution in [0.15, 0.2) is 11.3 Å². The summed E-state index contributed by atoms with van der Waals surface area (Å²) in [7, 11) is 0. The van der Waals surface area contributed by atoms with Crippen LogP contribution in [0.25, 0.3) is 0 Å². The van der Waals surface area contributed by atoms with Gasteiger partial charge in [0.15, 0.2) is 5.82 Å². The third kappa shape index (κ3) is 1.95. The Bertz CT molecular complexity index is 380. The Labute approximate surface area is 86.8 Å². The van der Waals surface area contributed by atoms with E-state index in [0.717, 1.165) is 5.69 Å². The molecule has 0 radical (unpaired) electrons. The van der Waals surface area contributed by atoms with Crippen LogP contribution < -0.4 is 5.73 Å². The monoisotopic (exact) mass is 208 g/mol. The summed E-state index contributed by atoms with van der Waals surface area (Å²) in [6.07, 6.45) is 3.16. The Balaban J connectivity index is 2.08. The molecule has 0 aromatic carbocycles. The maximum atomic E-state index is 8.58. The highest BCUT2D eigenvalue weighted by atomic mass is 16.5. The van der Waals surface area contributed by atoms with Gasteiger partial charge < -0.3 is 15.6 Å². The highest BCUT2D eigenvalue weighted by Gasteiger charge is 2.22. The Morgan fingerprint density at radius 3 is 3.13 bits per heavy atom. The summed E-state index contributed by atoms with van der Waals surface area (Å²) in [5.74, 6) is 0.401. The summed E-state index contributed by atoms with van der Waals surface area (Å²) in [6, 6.07) is 0. The molecule has 0 saturated heterocycles. The lowest BCUT2D eigenvalue weighted by Crippen LogP contribution is -2.10. The number of rotatable bonds is 4. The van der Waals surface area contributed by atoms with Crippen molar-refractivity contribution in [2.75, 3.05) is 25.6 Å². The molecule has 0 fully saturated rings. The van der Waals surface area contributed by atoms with E-state index < -0.39 is 0 Å². The van der Waals surface area contributed by atoms with Gasteiger partial charge in [0.25, 0.3) is 0 Å². The second kappa shape index (κ2) is 4.33. The molecule has 80 valence electrons. The third-order valence-electron chi connectivity index (χ3n) is 2.15. The molecule has 2 heterocycles. The van der Waals surface area contributed by atoms with Gasteiger partial charge in [-0.05, 0) is 0 Å². The van der Waals surface area contributed by atoms with E-state index in [4.69, 9.17) is 15.6 Å². The van der Waals surface area contributed by atoms with Crippen LogP contribution in [0.2, 0.25) is 0 Å². The lowest BCUT2D eigenvalue weighted by atomic mass is 10.1. The molecular formula is C9H12N4O2. The van der Waals surface area contributed by atoms with Crippen LogP contribution in [0.3, 0.4) is 0 Å².